The van der Waals surface area contributed by atoms with Gasteiger partial charge in [0.15, 0.2) is 0 Å². The summed E-state index contributed by atoms with van der Waals surface area (Å²) in [6.07, 6.45) is 2.84. The average Bonchev–Trinajstić information content (AvgIpc) is 2.73. The number of halogens is 1. The van der Waals surface area contributed by atoms with Crippen LogP contribution in [0.2, 0.25) is 0 Å². The van der Waals surface area contributed by atoms with Crippen LogP contribution in [0, 0.1) is 23.2 Å². The summed E-state index contributed by atoms with van der Waals surface area (Å²) in [5.74, 6) is 2.71. The average molecular weight is 328 g/mol. The summed E-state index contributed by atoms with van der Waals surface area (Å²) in [6.45, 7) is 8.42. The molecule has 1 N–H and O–H groups in total. The van der Waals surface area contributed by atoms with Gasteiger partial charge in [0.25, 0.3) is 0 Å². The lowest BCUT2D eigenvalue weighted by molar-refractivity contribution is -0.115. The van der Waals surface area contributed by atoms with Crippen LogP contribution in [0.15, 0.2) is 15.9 Å². The minimum Gasteiger partial charge on any atom is -0.309 e. The molecule has 0 unspecified atom stereocenters. The molecule has 0 aromatic carbocycles. The Bertz CT molecular complexity index is 439. The van der Waals surface area contributed by atoms with E-state index in [1.54, 1.807) is 0 Å². The molecule has 2 bridgehead atoms. The third-order valence-corrected chi connectivity index (χ3v) is 7.21. The molecule has 0 aliphatic heterocycles. The van der Waals surface area contributed by atoms with Gasteiger partial charge in [-0.1, -0.05) is 20.8 Å². The molecule has 3 saturated carbocycles. The van der Waals surface area contributed by atoms with Gasteiger partial charge in [-0.25, -0.2) is 0 Å². The van der Waals surface area contributed by atoms with Crippen molar-refractivity contribution in [3.63, 3.8) is 0 Å². The Morgan fingerprint density at radius 3 is 2.78 bits per heavy atom. The number of hydrogen-bond donors (Lipinski definition) is 1. The molecule has 0 saturated heterocycles. The standard InChI is InChI=1S/C15H22BrNS/c1-9-13-4-10(15(13,2)3)5-14(9)17-7-12-6-11(16)8-18-12/h6,8-10,13-14,17H,4-5,7H2,1-3H3/t9-,10-,13+,14-/m1/s1. The van der Waals surface area contributed by atoms with E-state index < -0.39 is 0 Å². The largest absolute Gasteiger partial charge is 0.309 e. The van der Waals surface area contributed by atoms with Crippen LogP contribution in [0.1, 0.15) is 38.5 Å². The molecule has 4 atom stereocenters. The Hall–Kier alpha value is 0.140. The maximum absolute atomic E-state index is 3.79. The number of rotatable bonds is 3. The molecule has 3 aliphatic carbocycles. The van der Waals surface area contributed by atoms with Gasteiger partial charge < -0.3 is 5.32 Å². The third-order valence-electron chi connectivity index (χ3n) is 5.51. The lowest BCUT2D eigenvalue weighted by Crippen LogP contribution is -2.59. The summed E-state index contributed by atoms with van der Waals surface area (Å²) >= 11 is 5.37. The third kappa shape index (κ3) is 2.08. The van der Waals surface area contributed by atoms with Crippen molar-refractivity contribution in [3.05, 3.63) is 20.8 Å². The summed E-state index contributed by atoms with van der Waals surface area (Å²) in [5.41, 5.74) is 0.601. The number of nitrogens with one attached hydrogen (secondary N) is 1. The van der Waals surface area contributed by atoms with E-state index in [-0.39, 0.29) is 0 Å². The van der Waals surface area contributed by atoms with Crippen molar-refractivity contribution >= 4 is 27.3 Å². The van der Waals surface area contributed by atoms with E-state index in [1.165, 1.54) is 22.2 Å². The molecule has 4 rings (SSSR count). The van der Waals surface area contributed by atoms with Gasteiger partial charge in [-0.2, -0.15) is 0 Å². The highest BCUT2D eigenvalue weighted by molar-refractivity contribution is 9.10. The van der Waals surface area contributed by atoms with Crippen LogP contribution in [0.4, 0.5) is 0 Å². The first kappa shape index (κ1) is 13.1. The summed E-state index contributed by atoms with van der Waals surface area (Å²) in [7, 11) is 0. The molecule has 0 radical (unpaired) electrons. The van der Waals surface area contributed by atoms with Crippen molar-refractivity contribution in [2.24, 2.45) is 23.2 Å². The maximum atomic E-state index is 3.79. The van der Waals surface area contributed by atoms with Crippen molar-refractivity contribution in [2.75, 3.05) is 0 Å². The summed E-state index contributed by atoms with van der Waals surface area (Å²) < 4.78 is 1.21. The summed E-state index contributed by atoms with van der Waals surface area (Å²) in [4.78, 5) is 1.44. The van der Waals surface area contributed by atoms with Crippen molar-refractivity contribution < 1.29 is 0 Å². The lowest BCUT2D eigenvalue weighted by atomic mass is 9.45. The monoisotopic (exact) mass is 327 g/mol. The van der Waals surface area contributed by atoms with Gasteiger partial charge in [-0.05, 0) is 58.0 Å². The zero-order chi connectivity index (χ0) is 12.9. The van der Waals surface area contributed by atoms with Crippen LogP contribution in [0.25, 0.3) is 0 Å². The SMILES string of the molecule is C[C@H]1[C@H](NCc2cc(Br)cs2)C[C@H]2C[C@@H]1C2(C)C. The van der Waals surface area contributed by atoms with Crippen LogP contribution >= 0.6 is 27.3 Å². The van der Waals surface area contributed by atoms with Crippen LogP contribution in [-0.2, 0) is 6.54 Å². The fraction of sp³-hybridized carbons (Fsp3) is 0.733. The van der Waals surface area contributed by atoms with Gasteiger partial charge >= 0.3 is 0 Å². The molecule has 3 aliphatic rings. The Kier molecular flexibility index (Phi) is 3.36. The Labute approximate surface area is 122 Å². The molecule has 0 spiro atoms. The molecule has 1 nitrogen and oxygen atoms in total. The van der Waals surface area contributed by atoms with Gasteiger partial charge in [0.2, 0.25) is 0 Å². The van der Waals surface area contributed by atoms with Crippen LogP contribution < -0.4 is 5.32 Å². The minimum atomic E-state index is 0.601. The van der Waals surface area contributed by atoms with Crippen molar-refractivity contribution in [2.45, 2.75) is 46.2 Å². The predicted molar refractivity (Wildman–Crippen MR) is 81.8 cm³/mol. The Balaban J connectivity index is 1.59. The van der Waals surface area contributed by atoms with Crippen LogP contribution in [-0.4, -0.2) is 6.04 Å². The zero-order valence-electron chi connectivity index (χ0n) is 11.4. The first-order valence-corrected chi connectivity index (χ1v) is 8.62. The second kappa shape index (κ2) is 4.60. The highest BCUT2D eigenvalue weighted by Crippen LogP contribution is 2.61. The highest BCUT2D eigenvalue weighted by atomic mass is 79.9. The lowest BCUT2D eigenvalue weighted by Gasteiger charge is -2.62. The van der Waals surface area contributed by atoms with Crippen molar-refractivity contribution in [3.8, 4) is 0 Å². The fourth-order valence-electron chi connectivity index (χ4n) is 4.10. The van der Waals surface area contributed by atoms with Gasteiger partial charge in [-0.15, -0.1) is 11.3 Å². The van der Waals surface area contributed by atoms with Crippen molar-refractivity contribution in [1.29, 1.82) is 0 Å². The number of hydrogen-bond acceptors (Lipinski definition) is 2. The first-order chi connectivity index (χ1) is 8.48. The van der Waals surface area contributed by atoms with Crippen LogP contribution in [0.3, 0.4) is 0 Å². The molecule has 3 heteroatoms. The molecule has 0 amide bonds. The Morgan fingerprint density at radius 1 is 1.44 bits per heavy atom. The van der Waals surface area contributed by atoms with E-state index in [0.29, 0.717) is 5.41 Å². The van der Waals surface area contributed by atoms with E-state index in [9.17, 15) is 0 Å². The quantitative estimate of drug-likeness (QED) is 0.850. The zero-order valence-corrected chi connectivity index (χ0v) is 13.8. The molecule has 1 aromatic heterocycles. The summed E-state index contributed by atoms with van der Waals surface area (Å²) in [5, 5.41) is 5.96. The minimum absolute atomic E-state index is 0.601. The number of thiophene rings is 1. The van der Waals surface area contributed by atoms with Gasteiger partial charge in [0, 0.05) is 27.3 Å². The van der Waals surface area contributed by atoms with E-state index in [4.69, 9.17) is 0 Å². The van der Waals surface area contributed by atoms with E-state index >= 15 is 0 Å². The normalized spacial score (nSPS) is 37.3. The summed E-state index contributed by atoms with van der Waals surface area (Å²) in [6, 6.07) is 2.96. The van der Waals surface area contributed by atoms with E-state index in [0.717, 1.165) is 30.3 Å². The highest BCUT2D eigenvalue weighted by Gasteiger charge is 2.55. The molecule has 3 fully saturated rings. The Morgan fingerprint density at radius 2 is 2.22 bits per heavy atom. The van der Waals surface area contributed by atoms with E-state index in [2.05, 4.69) is 53.5 Å². The maximum Gasteiger partial charge on any atom is 0.0302 e. The topological polar surface area (TPSA) is 12.0 Å². The molecular formula is C15H22BrNS. The fourth-order valence-corrected chi connectivity index (χ4v) is 5.50. The van der Waals surface area contributed by atoms with Gasteiger partial charge in [0.1, 0.15) is 0 Å². The van der Waals surface area contributed by atoms with Crippen LogP contribution in [0.5, 0.6) is 0 Å². The predicted octanol–water partition coefficient (Wildman–Crippen LogP) is 4.67. The van der Waals surface area contributed by atoms with E-state index in [1.807, 2.05) is 11.3 Å². The van der Waals surface area contributed by atoms with Crippen molar-refractivity contribution in [1.82, 2.24) is 5.32 Å². The second-order valence-corrected chi connectivity index (χ2v) is 8.59. The smallest absolute Gasteiger partial charge is 0.0302 e. The molecule has 18 heavy (non-hydrogen) atoms. The molecular weight excluding hydrogens is 306 g/mol. The number of fused-ring (bicyclic) bond motifs is 2. The second-order valence-electron chi connectivity index (χ2n) is 6.67. The van der Waals surface area contributed by atoms with Gasteiger partial charge in [0.05, 0.1) is 0 Å². The first-order valence-electron chi connectivity index (χ1n) is 6.94. The van der Waals surface area contributed by atoms with Gasteiger partial charge in [-0.3, -0.25) is 0 Å². The molecule has 1 aromatic rings. The molecule has 1 heterocycles. The molecule has 100 valence electrons.